The summed E-state index contributed by atoms with van der Waals surface area (Å²) in [5.74, 6) is 0. The van der Waals surface area contributed by atoms with Gasteiger partial charge in [-0.1, -0.05) is 31.4 Å². The van der Waals surface area contributed by atoms with Gasteiger partial charge in [0.1, 0.15) is 6.10 Å². The maximum Gasteiger partial charge on any atom is 0.297 e. The Morgan fingerprint density at radius 1 is 1.44 bits per heavy atom. The lowest BCUT2D eigenvalue weighted by molar-refractivity contribution is 0.269. The summed E-state index contributed by atoms with van der Waals surface area (Å²) in [5, 5.41) is 0. The van der Waals surface area contributed by atoms with Gasteiger partial charge in [0.25, 0.3) is 10.1 Å². The van der Waals surface area contributed by atoms with Crippen molar-refractivity contribution in [2.75, 3.05) is 13.2 Å². The van der Waals surface area contributed by atoms with Crippen molar-refractivity contribution in [1.82, 2.24) is 0 Å². The summed E-state index contributed by atoms with van der Waals surface area (Å²) < 4.78 is 33.0. The molecule has 0 saturated carbocycles. The van der Waals surface area contributed by atoms with Crippen LogP contribution < -0.4 is 0 Å². The van der Waals surface area contributed by atoms with Crippen molar-refractivity contribution in [3.8, 4) is 0 Å². The molecule has 0 radical (unpaired) electrons. The zero-order valence-corrected chi connectivity index (χ0v) is 9.65. The summed E-state index contributed by atoms with van der Waals surface area (Å²) in [4.78, 5) is 0.0445. The van der Waals surface area contributed by atoms with Gasteiger partial charge in [-0.25, -0.2) is 0 Å². The molecule has 0 N–H and O–H groups in total. The first-order valence-corrected chi connectivity index (χ1v) is 6.14. The molecule has 0 aliphatic carbocycles. The lowest BCUT2D eigenvalue weighted by atomic mass is 10.4. The summed E-state index contributed by atoms with van der Waals surface area (Å²) in [5.41, 5.74) is 0. The highest BCUT2D eigenvalue weighted by Crippen LogP contribution is 2.16. The molecule has 4 nitrogen and oxygen atoms in total. The highest BCUT2D eigenvalue weighted by Gasteiger charge is 2.26. The number of hydrogen-bond acceptors (Lipinski definition) is 4. The number of allylic oxidation sites excluding steroid dienone is 5. The molecule has 1 aliphatic rings. The van der Waals surface area contributed by atoms with Gasteiger partial charge < -0.3 is 4.74 Å². The minimum atomic E-state index is -3.74. The lowest BCUT2D eigenvalue weighted by Crippen LogP contribution is -2.11. The van der Waals surface area contributed by atoms with Gasteiger partial charge in [-0.3, -0.25) is 4.18 Å². The molecule has 1 aliphatic heterocycles. The Morgan fingerprint density at radius 2 is 2.12 bits per heavy atom. The predicted molar refractivity (Wildman–Crippen MR) is 62.2 cm³/mol. The van der Waals surface area contributed by atoms with Crippen molar-refractivity contribution in [3.63, 3.8) is 0 Å². The Morgan fingerprint density at radius 3 is 2.62 bits per heavy atom. The Balaban J connectivity index is 2.73. The van der Waals surface area contributed by atoms with Crippen LogP contribution >= 0.6 is 0 Å². The average Bonchev–Trinajstić information content (AvgIpc) is 3.05. The van der Waals surface area contributed by atoms with Gasteiger partial charge in [-0.05, 0) is 12.2 Å². The molecule has 0 aromatic rings. The fourth-order valence-corrected chi connectivity index (χ4v) is 1.87. The molecule has 0 aromatic carbocycles. The number of ether oxygens (including phenoxy) is 1. The molecule has 0 aromatic heterocycles. The second-order valence-corrected chi connectivity index (χ2v) is 4.71. The Bertz CT molecular complexity index is 413. The zero-order valence-electron chi connectivity index (χ0n) is 8.83. The molecule has 1 fully saturated rings. The van der Waals surface area contributed by atoms with E-state index in [1.165, 1.54) is 30.4 Å². The molecule has 1 saturated heterocycles. The fourth-order valence-electron chi connectivity index (χ4n) is 0.899. The monoisotopic (exact) mass is 242 g/mol. The van der Waals surface area contributed by atoms with E-state index in [9.17, 15) is 8.42 Å². The molecule has 0 bridgehead atoms. The molecule has 1 heterocycles. The third kappa shape index (κ3) is 4.14. The fraction of sp³-hybridized carbons (Fsp3) is 0.273. The van der Waals surface area contributed by atoms with Gasteiger partial charge in [-0.15, -0.1) is 0 Å². The average molecular weight is 242 g/mol. The van der Waals surface area contributed by atoms with Crippen LogP contribution in [0.4, 0.5) is 0 Å². The van der Waals surface area contributed by atoms with Gasteiger partial charge in [0.2, 0.25) is 0 Å². The summed E-state index contributed by atoms with van der Waals surface area (Å²) in [6.07, 6.45) is 7.06. The summed E-state index contributed by atoms with van der Waals surface area (Å²) >= 11 is 0. The van der Waals surface area contributed by atoms with Gasteiger partial charge in [0, 0.05) is 0 Å². The molecule has 1 rings (SSSR count). The summed E-state index contributed by atoms with van der Waals surface area (Å²) in [6, 6.07) is 0. The van der Waals surface area contributed by atoms with Crippen LogP contribution in [0.2, 0.25) is 0 Å². The quantitative estimate of drug-likeness (QED) is 0.386. The van der Waals surface area contributed by atoms with Crippen LogP contribution in [-0.4, -0.2) is 27.7 Å². The van der Waals surface area contributed by atoms with Crippen LogP contribution in [-0.2, 0) is 19.0 Å². The first-order chi connectivity index (χ1) is 7.60. The molecule has 0 unspecified atom stereocenters. The number of epoxide rings is 1. The third-order valence-electron chi connectivity index (χ3n) is 1.78. The maximum atomic E-state index is 11.7. The van der Waals surface area contributed by atoms with Crippen molar-refractivity contribution >= 4 is 10.1 Å². The molecule has 16 heavy (non-hydrogen) atoms. The van der Waals surface area contributed by atoms with E-state index in [4.69, 9.17) is 8.92 Å². The third-order valence-corrected chi connectivity index (χ3v) is 3.07. The minimum Gasteiger partial charge on any atom is -0.371 e. The molecule has 5 heteroatoms. The van der Waals surface area contributed by atoms with Crippen LogP contribution in [0.15, 0.2) is 48.4 Å². The first kappa shape index (κ1) is 12.9. The number of rotatable bonds is 7. The van der Waals surface area contributed by atoms with Crippen molar-refractivity contribution < 1.29 is 17.3 Å². The van der Waals surface area contributed by atoms with Crippen molar-refractivity contribution in [2.24, 2.45) is 0 Å². The second kappa shape index (κ2) is 5.79. The van der Waals surface area contributed by atoms with Gasteiger partial charge in [0.15, 0.2) is 0 Å². The normalized spacial score (nSPS) is 21.0. The van der Waals surface area contributed by atoms with Gasteiger partial charge >= 0.3 is 0 Å². The van der Waals surface area contributed by atoms with E-state index in [-0.39, 0.29) is 17.6 Å². The smallest absolute Gasteiger partial charge is 0.297 e. The lowest BCUT2D eigenvalue weighted by Gasteiger charge is -2.03. The van der Waals surface area contributed by atoms with E-state index in [2.05, 4.69) is 13.2 Å². The van der Waals surface area contributed by atoms with E-state index in [1.807, 2.05) is 0 Å². The van der Waals surface area contributed by atoms with Crippen molar-refractivity contribution in [3.05, 3.63) is 48.4 Å². The van der Waals surface area contributed by atoms with Crippen molar-refractivity contribution in [2.45, 2.75) is 6.10 Å². The summed E-state index contributed by atoms with van der Waals surface area (Å²) in [7, 11) is -3.74. The standard InChI is InChI=1S/C11H14O4S/c1-3-5-7-11(6-4-2)16(12,13)15-9-10-8-14-10/h3-7,10H,1-2,8-9H2/b7-5-,11-6+/t10-/m1/s1. The van der Waals surface area contributed by atoms with Crippen LogP contribution in [0.5, 0.6) is 0 Å². The van der Waals surface area contributed by atoms with Crippen LogP contribution in [0.3, 0.4) is 0 Å². The molecule has 1 atom stereocenters. The molecule has 0 amide bonds. The van der Waals surface area contributed by atoms with E-state index in [1.54, 1.807) is 0 Å². The van der Waals surface area contributed by atoms with Gasteiger partial charge in [0.05, 0.1) is 18.1 Å². The minimum absolute atomic E-state index is 0.0445. The SMILES string of the molecule is C=C/C=C\C(=C/C=C)S(=O)(=O)OC[C@H]1CO1. The predicted octanol–water partition coefficient (Wildman–Crippen LogP) is 1.54. The highest BCUT2D eigenvalue weighted by atomic mass is 32.2. The van der Waals surface area contributed by atoms with Crippen LogP contribution in [0.1, 0.15) is 0 Å². The van der Waals surface area contributed by atoms with E-state index in [0.717, 1.165) is 0 Å². The Kier molecular flexibility index (Phi) is 4.67. The maximum absolute atomic E-state index is 11.7. The summed E-state index contributed by atoms with van der Waals surface area (Å²) in [6.45, 7) is 7.52. The van der Waals surface area contributed by atoms with E-state index in [0.29, 0.717) is 6.61 Å². The molecule has 0 spiro atoms. The van der Waals surface area contributed by atoms with Crippen LogP contribution in [0, 0.1) is 0 Å². The zero-order chi connectivity index (χ0) is 12.0. The second-order valence-electron chi connectivity index (χ2n) is 3.09. The van der Waals surface area contributed by atoms with Crippen molar-refractivity contribution in [1.29, 1.82) is 0 Å². The van der Waals surface area contributed by atoms with E-state index < -0.39 is 10.1 Å². The van der Waals surface area contributed by atoms with E-state index >= 15 is 0 Å². The Labute approximate surface area is 95.7 Å². The highest BCUT2D eigenvalue weighted by molar-refractivity contribution is 7.90. The molecular weight excluding hydrogens is 228 g/mol. The van der Waals surface area contributed by atoms with Gasteiger partial charge in [-0.2, -0.15) is 8.42 Å². The molecule has 88 valence electrons. The number of hydrogen-bond donors (Lipinski definition) is 0. The molecular formula is C11H14O4S. The Hall–Kier alpha value is -1.17. The largest absolute Gasteiger partial charge is 0.371 e. The van der Waals surface area contributed by atoms with Crippen LogP contribution in [0.25, 0.3) is 0 Å². The topological polar surface area (TPSA) is 55.9 Å². The first-order valence-electron chi connectivity index (χ1n) is 4.73.